The number of hydrogen-bond acceptors (Lipinski definition) is 6. The highest BCUT2D eigenvalue weighted by atomic mass is 16.6. The van der Waals surface area contributed by atoms with Crippen LogP contribution in [0.1, 0.15) is 31.3 Å². The number of carbonyl (C=O) groups excluding carboxylic acids is 1. The zero-order chi connectivity index (χ0) is 16.2. The average molecular weight is 293 g/mol. The van der Waals surface area contributed by atoms with Crippen LogP contribution in [-0.2, 0) is 4.74 Å². The number of anilines is 1. The van der Waals surface area contributed by atoms with Gasteiger partial charge in [0.15, 0.2) is 5.69 Å². The van der Waals surface area contributed by atoms with Gasteiger partial charge in [-0.1, -0.05) is 6.08 Å². The van der Waals surface area contributed by atoms with Crippen LogP contribution in [0, 0.1) is 10.1 Å². The van der Waals surface area contributed by atoms with Gasteiger partial charge in [-0.15, -0.1) is 6.58 Å². The van der Waals surface area contributed by atoms with Gasteiger partial charge in [0.05, 0.1) is 12.0 Å². The summed E-state index contributed by atoms with van der Waals surface area (Å²) in [7, 11) is 1.23. The lowest BCUT2D eigenvalue weighted by Gasteiger charge is -2.35. The Morgan fingerprint density at radius 2 is 2.14 bits per heavy atom. The second kappa shape index (κ2) is 6.34. The maximum Gasteiger partial charge on any atom is 0.356 e. The fraction of sp³-hybridized carbons (Fsp3) is 0.429. The first-order valence-corrected chi connectivity index (χ1v) is 6.34. The number of aromatic nitrogens is 1. The van der Waals surface area contributed by atoms with Gasteiger partial charge in [-0.05, 0) is 26.8 Å². The predicted molar refractivity (Wildman–Crippen MR) is 79.5 cm³/mol. The standard InChI is InChI=1S/C14H19N3O4/c1-6-9-16(14(2,3)4)12-11(17(19)20)8-7-10(15-12)13(18)21-5/h6-8H,1,9H2,2-5H3. The van der Waals surface area contributed by atoms with Crippen LogP contribution in [0.15, 0.2) is 24.8 Å². The van der Waals surface area contributed by atoms with Crippen LogP contribution < -0.4 is 4.90 Å². The number of nitrogens with zero attached hydrogens (tertiary/aromatic N) is 3. The van der Waals surface area contributed by atoms with Crippen molar-refractivity contribution in [1.29, 1.82) is 0 Å². The summed E-state index contributed by atoms with van der Waals surface area (Å²) >= 11 is 0. The summed E-state index contributed by atoms with van der Waals surface area (Å²) in [4.78, 5) is 28.1. The number of rotatable bonds is 5. The van der Waals surface area contributed by atoms with Gasteiger partial charge >= 0.3 is 11.7 Å². The molecule has 21 heavy (non-hydrogen) atoms. The number of methoxy groups -OCH3 is 1. The van der Waals surface area contributed by atoms with Gasteiger partial charge in [-0.3, -0.25) is 10.1 Å². The molecule has 7 heteroatoms. The van der Waals surface area contributed by atoms with Gasteiger partial charge in [0, 0.05) is 18.2 Å². The van der Waals surface area contributed by atoms with Gasteiger partial charge in [-0.25, -0.2) is 9.78 Å². The monoisotopic (exact) mass is 293 g/mol. The third kappa shape index (κ3) is 3.77. The van der Waals surface area contributed by atoms with Crippen LogP contribution in [0.5, 0.6) is 0 Å². The van der Waals surface area contributed by atoms with E-state index in [-0.39, 0.29) is 17.2 Å². The molecule has 7 nitrogen and oxygen atoms in total. The van der Waals surface area contributed by atoms with Crippen LogP contribution >= 0.6 is 0 Å². The highest BCUT2D eigenvalue weighted by Crippen LogP contribution is 2.31. The average Bonchev–Trinajstić information content (AvgIpc) is 2.41. The smallest absolute Gasteiger partial charge is 0.356 e. The Labute approximate surface area is 123 Å². The lowest BCUT2D eigenvalue weighted by Crippen LogP contribution is -2.42. The van der Waals surface area contributed by atoms with Crippen molar-refractivity contribution < 1.29 is 14.5 Å². The first kappa shape index (κ1) is 16.6. The number of hydrogen-bond donors (Lipinski definition) is 0. The van der Waals surface area contributed by atoms with Gasteiger partial charge in [0.2, 0.25) is 5.82 Å². The largest absolute Gasteiger partial charge is 0.464 e. The predicted octanol–water partition coefficient (Wildman–Crippen LogP) is 2.57. The van der Waals surface area contributed by atoms with E-state index in [4.69, 9.17) is 0 Å². The van der Waals surface area contributed by atoms with Crippen LogP contribution in [0.4, 0.5) is 11.5 Å². The molecular formula is C14H19N3O4. The Kier molecular flexibility index (Phi) is 5.02. The van der Waals surface area contributed by atoms with Gasteiger partial charge in [0.25, 0.3) is 0 Å². The maximum atomic E-state index is 11.6. The Bertz CT molecular complexity index is 564. The van der Waals surface area contributed by atoms with Crippen molar-refractivity contribution in [2.24, 2.45) is 0 Å². The number of pyridine rings is 1. The second-order valence-electron chi connectivity index (χ2n) is 5.36. The van der Waals surface area contributed by atoms with Crippen LogP contribution in [0.3, 0.4) is 0 Å². The fourth-order valence-corrected chi connectivity index (χ4v) is 1.81. The van der Waals surface area contributed by atoms with E-state index in [2.05, 4.69) is 16.3 Å². The minimum atomic E-state index is -0.640. The third-order valence-corrected chi connectivity index (χ3v) is 2.82. The molecule has 0 aliphatic carbocycles. The van der Waals surface area contributed by atoms with E-state index >= 15 is 0 Å². The molecular weight excluding hydrogens is 274 g/mol. The Balaban J connectivity index is 3.49. The summed E-state index contributed by atoms with van der Waals surface area (Å²) in [5, 5.41) is 11.2. The summed E-state index contributed by atoms with van der Waals surface area (Å²) in [6.07, 6.45) is 1.63. The van der Waals surface area contributed by atoms with Crippen LogP contribution in [0.25, 0.3) is 0 Å². The van der Waals surface area contributed by atoms with E-state index in [0.29, 0.717) is 6.54 Å². The number of esters is 1. The second-order valence-corrected chi connectivity index (χ2v) is 5.36. The first-order chi connectivity index (χ1) is 9.72. The summed E-state index contributed by atoms with van der Waals surface area (Å²) in [6.45, 7) is 9.71. The molecule has 114 valence electrons. The fourth-order valence-electron chi connectivity index (χ4n) is 1.81. The maximum absolute atomic E-state index is 11.6. The minimum Gasteiger partial charge on any atom is -0.464 e. The third-order valence-electron chi connectivity index (χ3n) is 2.82. The molecule has 0 bridgehead atoms. The van der Waals surface area contributed by atoms with E-state index in [9.17, 15) is 14.9 Å². The topological polar surface area (TPSA) is 85.6 Å². The highest BCUT2D eigenvalue weighted by Gasteiger charge is 2.29. The summed E-state index contributed by atoms with van der Waals surface area (Å²) in [5.74, 6) is -0.520. The van der Waals surface area contributed by atoms with E-state index in [1.165, 1.54) is 19.2 Å². The quantitative estimate of drug-likeness (QED) is 0.359. The Hall–Kier alpha value is -2.44. The molecule has 0 spiro atoms. The lowest BCUT2D eigenvalue weighted by atomic mass is 10.1. The molecule has 0 atom stereocenters. The van der Waals surface area contributed by atoms with Gasteiger partial charge in [0.1, 0.15) is 0 Å². The molecule has 0 saturated heterocycles. The number of carbonyl (C=O) groups is 1. The van der Waals surface area contributed by atoms with Gasteiger partial charge < -0.3 is 9.64 Å². The molecule has 1 aromatic rings. The minimum absolute atomic E-state index is 0.0245. The van der Waals surface area contributed by atoms with Gasteiger partial charge in [-0.2, -0.15) is 0 Å². The lowest BCUT2D eigenvalue weighted by molar-refractivity contribution is -0.384. The molecule has 0 amide bonds. The molecule has 0 radical (unpaired) electrons. The molecule has 0 saturated carbocycles. The first-order valence-electron chi connectivity index (χ1n) is 6.34. The van der Waals surface area contributed by atoms with Crippen molar-refractivity contribution in [1.82, 2.24) is 4.98 Å². The van der Waals surface area contributed by atoms with Crippen molar-refractivity contribution in [3.05, 3.63) is 40.6 Å². The molecule has 1 rings (SSSR count). The number of ether oxygens (including phenoxy) is 1. The molecule has 0 aliphatic rings. The van der Waals surface area contributed by atoms with Crippen LogP contribution in [-0.4, -0.2) is 35.1 Å². The van der Waals surface area contributed by atoms with Crippen molar-refractivity contribution in [2.75, 3.05) is 18.6 Å². The van der Waals surface area contributed by atoms with Crippen molar-refractivity contribution in [3.8, 4) is 0 Å². The molecule has 1 aromatic heterocycles. The molecule has 0 N–H and O–H groups in total. The van der Waals surface area contributed by atoms with E-state index in [1.54, 1.807) is 11.0 Å². The zero-order valence-electron chi connectivity index (χ0n) is 12.6. The van der Waals surface area contributed by atoms with E-state index in [1.807, 2.05) is 20.8 Å². The van der Waals surface area contributed by atoms with E-state index in [0.717, 1.165) is 0 Å². The molecule has 1 heterocycles. The number of nitro groups is 1. The van der Waals surface area contributed by atoms with Crippen LogP contribution in [0.2, 0.25) is 0 Å². The Morgan fingerprint density at radius 3 is 2.57 bits per heavy atom. The van der Waals surface area contributed by atoms with E-state index < -0.39 is 16.4 Å². The summed E-state index contributed by atoms with van der Waals surface area (Å²) < 4.78 is 4.61. The summed E-state index contributed by atoms with van der Waals surface area (Å²) in [5.41, 5.74) is -0.573. The molecule has 0 aliphatic heterocycles. The normalized spacial score (nSPS) is 10.9. The van der Waals surface area contributed by atoms with Crippen molar-refractivity contribution in [2.45, 2.75) is 26.3 Å². The summed E-state index contributed by atoms with van der Waals surface area (Å²) in [6, 6.07) is 2.54. The Morgan fingerprint density at radius 1 is 1.52 bits per heavy atom. The van der Waals surface area contributed by atoms with Crippen molar-refractivity contribution in [3.63, 3.8) is 0 Å². The molecule has 0 aromatic carbocycles. The molecule has 0 fully saturated rings. The van der Waals surface area contributed by atoms with Crippen molar-refractivity contribution >= 4 is 17.5 Å². The highest BCUT2D eigenvalue weighted by molar-refractivity contribution is 5.88. The zero-order valence-corrected chi connectivity index (χ0v) is 12.6. The molecule has 0 unspecified atom stereocenters. The SMILES string of the molecule is C=CCN(c1nc(C(=O)OC)ccc1[N+](=O)[O-])C(C)(C)C.